The van der Waals surface area contributed by atoms with Crippen LogP contribution in [0.4, 0.5) is 0 Å². The minimum absolute atomic E-state index is 0.445. The minimum atomic E-state index is 0.445. The van der Waals surface area contributed by atoms with Crippen molar-refractivity contribution in [1.82, 2.24) is 5.32 Å². The monoisotopic (exact) mass is 309 g/mol. The number of furan rings is 1. The molecule has 2 aromatic rings. The summed E-state index contributed by atoms with van der Waals surface area (Å²) in [4.78, 5) is 0. The van der Waals surface area contributed by atoms with Gasteiger partial charge in [0, 0.05) is 4.47 Å². The second-order valence-corrected chi connectivity index (χ2v) is 5.01. The normalized spacial score (nSPS) is 10.6. The van der Waals surface area contributed by atoms with E-state index in [0.717, 1.165) is 33.9 Å². The number of hydrogen-bond donors (Lipinski definition) is 1. The number of ether oxygens (including phenoxy) is 1. The Hall–Kier alpha value is -1.26. The summed E-state index contributed by atoms with van der Waals surface area (Å²) in [6.45, 7) is 3.20. The van der Waals surface area contributed by atoms with Crippen molar-refractivity contribution in [2.24, 2.45) is 0 Å². The standard InChI is InChI=1S/C14H16BrNO2/c1-10-3-4-11(15)7-14(10)17-9-13-6-5-12(18-13)8-16-2/h3-7,16H,8-9H2,1-2H3. The number of rotatable bonds is 5. The van der Waals surface area contributed by atoms with E-state index >= 15 is 0 Å². The molecule has 3 nitrogen and oxygen atoms in total. The van der Waals surface area contributed by atoms with Gasteiger partial charge in [0.05, 0.1) is 6.54 Å². The lowest BCUT2D eigenvalue weighted by molar-refractivity contribution is 0.264. The molecule has 18 heavy (non-hydrogen) atoms. The summed E-state index contributed by atoms with van der Waals surface area (Å²) < 4.78 is 12.4. The Morgan fingerprint density at radius 3 is 2.78 bits per heavy atom. The van der Waals surface area contributed by atoms with Crippen LogP contribution in [0.15, 0.2) is 39.2 Å². The van der Waals surface area contributed by atoms with Crippen molar-refractivity contribution in [2.45, 2.75) is 20.1 Å². The van der Waals surface area contributed by atoms with Gasteiger partial charge in [-0.1, -0.05) is 22.0 Å². The van der Waals surface area contributed by atoms with E-state index in [1.807, 2.05) is 44.3 Å². The molecule has 0 radical (unpaired) electrons. The maximum Gasteiger partial charge on any atom is 0.146 e. The second kappa shape index (κ2) is 6.07. The lowest BCUT2D eigenvalue weighted by atomic mass is 10.2. The van der Waals surface area contributed by atoms with Crippen molar-refractivity contribution in [2.75, 3.05) is 7.05 Å². The summed E-state index contributed by atoms with van der Waals surface area (Å²) >= 11 is 3.44. The van der Waals surface area contributed by atoms with Gasteiger partial charge in [-0.3, -0.25) is 0 Å². The fourth-order valence-electron chi connectivity index (χ4n) is 1.65. The third kappa shape index (κ3) is 3.37. The first kappa shape index (κ1) is 13.2. The van der Waals surface area contributed by atoms with Gasteiger partial charge in [0.15, 0.2) is 0 Å². The molecule has 0 aliphatic heterocycles. The third-order valence-electron chi connectivity index (χ3n) is 2.59. The van der Waals surface area contributed by atoms with Crippen LogP contribution in [-0.2, 0) is 13.2 Å². The zero-order valence-corrected chi connectivity index (χ0v) is 12.1. The largest absolute Gasteiger partial charge is 0.485 e. The molecule has 1 N–H and O–H groups in total. The van der Waals surface area contributed by atoms with Crippen molar-refractivity contribution in [1.29, 1.82) is 0 Å². The van der Waals surface area contributed by atoms with E-state index in [9.17, 15) is 0 Å². The highest BCUT2D eigenvalue weighted by atomic mass is 79.9. The number of halogens is 1. The van der Waals surface area contributed by atoms with Crippen LogP contribution >= 0.6 is 15.9 Å². The zero-order valence-electron chi connectivity index (χ0n) is 10.5. The summed E-state index contributed by atoms with van der Waals surface area (Å²) in [6, 6.07) is 9.89. The topological polar surface area (TPSA) is 34.4 Å². The van der Waals surface area contributed by atoms with Crippen LogP contribution in [0, 0.1) is 6.92 Å². The van der Waals surface area contributed by atoms with Crippen LogP contribution < -0.4 is 10.1 Å². The van der Waals surface area contributed by atoms with Crippen molar-refractivity contribution >= 4 is 15.9 Å². The molecule has 0 fully saturated rings. The molecule has 0 atom stereocenters. The molecule has 96 valence electrons. The van der Waals surface area contributed by atoms with E-state index in [1.54, 1.807) is 0 Å². The highest BCUT2D eigenvalue weighted by Gasteiger charge is 2.04. The van der Waals surface area contributed by atoms with E-state index in [4.69, 9.17) is 9.15 Å². The molecule has 0 saturated carbocycles. The van der Waals surface area contributed by atoms with Crippen LogP contribution in [0.25, 0.3) is 0 Å². The summed E-state index contributed by atoms with van der Waals surface area (Å²) in [5.74, 6) is 2.62. The molecular formula is C14H16BrNO2. The molecular weight excluding hydrogens is 294 g/mol. The van der Waals surface area contributed by atoms with Gasteiger partial charge in [0.25, 0.3) is 0 Å². The van der Waals surface area contributed by atoms with Crippen molar-refractivity contribution in [3.63, 3.8) is 0 Å². The van der Waals surface area contributed by atoms with Gasteiger partial charge in [0.1, 0.15) is 23.9 Å². The highest BCUT2D eigenvalue weighted by molar-refractivity contribution is 9.10. The number of aryl methyl sites for hydroxylation is 1. The van der Waals surface area contributed by atoms with E-state index in [-0.39, 0.29) is 0 Å². The van der Waals surface area contributed by atoms with Gasteiger partial charge >= 0.3 is 0 Å². The third-order valence-corrected chi connectivity index (χ3v) is 3.08. The molecule has 4 heteroatoms. The van der Waals surface area contributed by atoms with Gasteiger partial charge in [-0.05, 0) is 43.8 Å². The van der Waals surface area contributed by atoms with Gasteiger partial charge in [-0.2, -0.15) is 0 Å². The smallest absolute Gasteiger partial charge is 0.146 e. The summed E-state index contributed by atoms with van der Waals surface area (Å²) in [5, 5.41) is 3.05. The Morgan fingerprint density at radius 2 is 2.00 bits per heavy atom. The first-order valence-electron chi connectivity index (χ1n) is 5.80. The summed E-state index contributed by atoms with van der Waals surface area (Å²) in [7, 11) is 1.89. The van der Waals surface area contributed by atoms with E-state index in [0.29, 0.717) is 6.61 Å². The van der Waals surface area contributed by atoms with Crippen molar-refractivity contribution in [3.8, 4) is 5.75 Å². The van der Waals surface area contributed by atoms with Crippen LogP contribution in [0.2, 0.25) is 0 Å². The first-order chi connectivity index (χ1) is 8.69. The molecule has 0 amide bonds. The number of nitrogens with one attached hydrogen (secondary N) is 1. The lowest BCUT2D eigenvalue weighted by Crippen LogP contribution is -2.03. The SMILES string of the molecule is CNCc1ccc(COc2cc(Br)ccc2C)o1. The molecule has 0 bridgehead atoms. The Balaban J connectivity index is 1.99. The van der Waals surface area contributed by atoms with Gasteiger partial charge in [0.2, 0.25) is 0 Å². The molecule has 0 saturated heterocycles. The van der Waals surface area contributed by atoms with Crippen molar-refractivity contribution in [3.05, 3.63) is 51.9 Å². The fourth-order valence-corrected chi connectivity index (χ4v) is 1.99. The molecule has 1 aromatic carbocycles. The van der Waals surface area contributed by atoms with Gasteiger partial charge < -0.3 is 14.5 Å². The maximum absolute atomic E-state index is 5.75. The Labute approximate surface area is 115 Å². The number of hydrogen-bond acceptors (Lipinski definition) is 3. The predicted molar refractivity (Wildman–Crippen MR) is 74.7 cm³/mol. The van der Waals surface area contributed by atoms with Gasteiger partial charge in [-0.15, -0.1) is 0 Å². The average molecular weight is 310 g/mol. The average Bonchev–Trinajstić information content (AvgIpc) is 2.79. The molecule has 1 heterocycles. The second-order valence-electron chi connectivity index (χ2n) is 4.10. The van der Waals surface area contributed by atoms with Crippen LogP contribution in [0.5, 0.6) is 5.75 Å². The van der Waals surface area contributed by atoms with Crippen LogP contribution in [0.1, 0.15) is 17.1 Å². The molecule has 0 spiro atoms. The molecule has 0 unspecified atom stereocenters. The summed E-state index contributed by atoms with van der Waals surface area (Å²) in [5.41, 5.74) is 1.11. The molecule has 1 aromatic heterocycles. The number of benzene rings is 1. The first-order valence-corrected chi connectivity index (χ1v) is 6.59. The zero-order chi connectivity index (χ0) is 13.0. The van der Waals surface area contributed by atoms with E-state index in [2.05, 4.69) is 21.2 Å². The quantitative estimate of drug-likeness (QED) is 0.915. The van der Waals surface area contributed by atoms with Crippen LogP contribution in [-0.4, -0.2) is 7.05 Å². The maximum atomic E-state index is 5.75. The highest BCUT2D eigenvalue weighted by Crippen LogP contribution is 2.24. The minimum Gasteiger partial charge on any atom is -0.485 e. The van der Waals surface area contributed by atoms with Gasteiger partial charge in [-0.25, -0.2) is 0 Å². The lowest BCUT2D eigenvalue weighted by Gasteiger charge is -2.08. The van der Waals surface area contributed by atoms with Crippen LogP contribution in [0.3, 0.4) is 0 Å². The molecule has 0 aliphatic rings. The fraction of sp³-hybridized carbons (Fsp3) is 0.286. The van der Waals surface area contributed by atoms with Crippen molar-refractivity contribution < 1.29 is 9.15 Å². The predicted octanol–water partition coefficient (Wildman–Crippen LogP) is 3.65. The Kier molecular flexibility index (Phi) is 4.44. The van der Waals surface area contributed by atoms with E-state index in [1.165, 1.54) is 0 Å². The Morgan fingerprint density at radius 1 is 1.22 bits per heavy atom. The summed E-state index contributed by atoms with van der Waals surface area (Å²) in [6.07, 6.45) is 0. The molecule has 0 aliphatic carbocycles. The van der Waals surface area contributed by atoms with E-state index < -0.39 is 0 Å². The Bertz CT molecular complexity index is 522. The molecule has 2 rings (SSSR count).